The zero-order valence-corrected chi connectivity index (χ0v) is 13.3. The summed E-state index contributed by atoms with van der Waals surface area (Å²) in [6.45, 7) is 5.25. The maximum absolute atomic E-state index is 12.3. The van der Waals surface area contributed by atoms with Crippen molar-refractivity contribution in [2.24, 2.45) is 5.92 Å². The van der Waals surface area contributed by atoms with Crippen LogP contribution in [0.25, 0.3) is 0 Å². The lowest BCUT2D eigenvalue weighted by molar-refractivity contribution is 0.0919. The minimum atomic E-state index is 0.0510. The van der Waals surface area contributed by atoms with Gasteiger partial charge in [0, 0.05) is 23.8 Å². The van der Waals surface area contributed by atoms with E-state index in [1.54, 1.807) is 0 Å². The molecule has 1 unspecified atom stereocenters. The first-order valence-corrected chi connectivity index (χ1v) is 8.35. The van der Waals surface area contributed by atoms with E-state index in [9.17, 15) is 4.79 Å². The lowest BCUT2D eigenvalue weighted by Gasteiger charge is -2.28. The fraction of sp³-hybridized carbons (Fsp3) is 0.611. The fourth-order valence-corrected chi connectivity index (χ4v) is 3.05. The summed E-state index contributed by atoms with van der Waals surface area (Å²) in [5.74, 6) is 0.698. The van der Waals surface area contributed by atoms with Gasteiger partial charge in [0.05, 0.1) is 0 Å². The van der Waals surface area contributed by atoms with Crippen LogP contribution < -0.4 is 10.6 Å². The summed E-state index contributed by atoms with van der Waals surface area (Å²) in [5, 5.41) is 6.49. The van der Waals surface area contributed by atoms with Gasteiger partial charge in [-0.05, 0) is 56.4 Å². The van der Waals surface area contributed by atoms with Crippen LogP contribution in [0.2, 0.25) is 0 Å². The molecule has 3 nitrogen and oxygen atoms in total. The van der Waals surface area contributed by atoms with Gasteiger partial charge in [-0.3, -0.25) is 4.79 Å². The quantitative estimate of drug-likeness (QED) is 0.823. The Kier molecular flexibility index (Phi) is 6.09. The molecule has 0 saturated heterocycles. The Hall–Kier alpha value is -1.51. The summed E-state index contributed by atoms with van der Waals surface area (Å²) in [6.07, 6.45) is 7.57. The highest BCUT2D eigenvalue weighted by Gasteiger charge is 2.21. The van der Waals surface area contributed by atoms with E-state index in [-0.39, 0.29) is 11.9 Å². The molecule has 0 aliphatic heterocycles. The molecule has 1 aromatic rings. The van der Waals surface area contributed by atoms with Crippen LogP contribution in [-0.4, -0.2) is 18.5 Å². The highest BCUT2D eigenvalue weighted by atomic mass is 16.1. The summed E-state index contributed by atoms with van der Waals surface area (Å²) >= 11 is 0. The van der Waals surface area contributed by atoms with Crippen molar-refractivity contribution in [3.8, 4) is 0 Å². The van der Waals surface area contributed by atoms with Gasteiger partial charge >= 0.3 is 0 Å². The molecule has 0 heterocycles. The van der Waals surface area contributed by atoms with E-state index in [2.05, 4.69) is 24.5 Å². The Morgan fingerprint density at radius 2 is 1.86 bits per heavy atom. The van der Waals surface area contributed by atoms with E-state index in [4.69, 9.17) is 0 Å². The van der Waals surface area contributed by atoms with Crippen LogP contribution in [0.1, 0.15) is 62.7 Å². The molecular weight excluding hydrogens is 260 g/mol. The smallest absolute Gasteiger partial charge is 0.251 e. The SMILES string of the molecule is CCCNc1ccc(C(=O)NC(C)C2CCCCC2)cc1. The second-order valence-corrected chi connectivity index (χ2v) is 6.16. The zero-order chi connectivity index (χ0) is 15.1. The number of amides is 1. The minimum Gasteiger partial charge on any atom is -0.385 e. The van der Waals surface area contributed by atoms with Crippen molar-refractivity contribution in [1.82, 2.24) is 5.32 Å². The van der Waals surface area contributed by atoms with E-state index in [0.29, 0.717) is 5.92 Å². The summed E-state index contributed by atoms with van der Waals surface area (Å²) in [5.41, 5.74) is 1.83. The predicted octanol–water partition coefficient (Wildman–Crippen LogP) is 4.21. The van der Waals surface area contributed by atoms with Crippen LogP contribution in [0.4, 0.5) is 5.69 Å². The molecule has 1 saturated carbocycles. The molecule has 116 valence electrons. The van der Waals surface area contributed by atoms with Crippen molar-refractivity contribution in [2.45, 2.75) is 58.4 Å². The third kappa shape index (κ3) is 4.76. The third-order valence-electron chi connectivity index (χ3n) is 4.44. The predicted molar refractivity (Wildman–Crippen MR) is 88.7 cm³/mol. The Bertz CT molecular complexity index is 435. The van der Waals surface area contributed by atoms with Crippen LogP contribution in [-0.2, 0) is 0 Å². The average Bonchev–Trinajstić information content (AvgIpc) is 2.54. The molecule has 0 spiro atoms. The lowest BCUT2D eigenvalue weighted by Crippen LogP contribution is -2.38. The standard InChI is InChI=1S/C18H28N2O/c1-3-13-19-17-11-9-16(10-12-17)18(21)20-14(2)15-7-5-4-6-8-15/h9-12,14-15,19H,3-8,13H2,1-2H3,(H,20,21). The van der Waals surface area contributed by atoms with Crippen LogP contribution in [0.5, 0.6) is 0 Å². The molecule has 0 aromatic heterocycles. The summed E-state index contributed by atoms with van der Waals surface area (Å²) in [6, 6.07) is 8.05. The van der Waals surface area contributed by atoms with Gasteiger partial charge < -0.3 is 10.6 Å². The molecule has 1 amide bonds. The number of anilines is 1. The van der Waals surface area contributed by atoms with Gasteiger partial charge in [-0.1, -0.05) is 26.2 Å². The number of rotatable bonds is 6. The Labute approximate surface area is 128 Å². The number of nitrogens with one attached hydrogen (secondary N) is 2. The number of hydrogen-bond acceptors (Lipinski definition) is 2. The molecule has 3 heteroatoms. The first-order chi connectivity index (χ1) is 10.2. The van der Waals surface area contributed by atoms with Crippen molar-refractivity contribution in [3.05, 3.63) is 29.8 Å². The Morgan fingerprint density at radius 3 is 2.48 bits per heavy atom. The number of carbonyl (C=O) groups excluding carboxylic acids is 1. The highest BCUT2D eigenvalue weighted by molar-refractivity contribution is 5.94. The van der Waals surface area contributed by atoms with E-state index < -0.39 is 0 Å². The summed E-state index contributed by atoms with van der Waals surface area (Å²) in [7, 11) is 0. The molecule has 1 atom stereocenters. The largest absolute Gasteiger partial charge is 0.385 e. The Balaban J connectivity index is 1.87. The Morgan fingerprint density at radius 1 is 1.19 bits per heavy atom. The number of hydrogen-bond donors (Lipinski definition) is 2. The number of benzene rings is 1. The minimum absolute atomic E-state index is 0.0510. The van der Waals surface area contributed by atoms with Crippen molar-refractivity contribution < 1.29 is 4.79 Å². The fourth-order valence-electron chi connectivity index (χ4n) is 3.05. The molecule has 2 rings (SSSR count). The number of carbonyl (C=O) groups is 1. The van der Waals surface area contributed by atoms with Crippen molar-refractivity contribution in [2.75, 3.05) is 11.9 Å². The van der Waals surface area contributed by atoms with Crippen molar-refractivity contribution in [3.63, 3.8) is 0 Å². The van der Waals surface area contributed by atoms with E-state index in [0.717, 1.165) is 24.2 Å². The second-order valence-electron chi connectivity index (χ2n) is 6.16. The van der Waals surface area contributed by atoms with Gasteiger partial charge in [0.1, 0.15) is 0 Å². The summed E-state index contributed by atoms with van der Waals surface area (Å²) < 4.78 is 0. The van der Waals surface area contributed by atoms with Crippen LogP contribution in [0.3, 0.4) is 0 Å². The molecule has 0 bridgehead atoms. The lowest BCUT2D eigenvalue weighted by atomic mass is 9.84. The zero-order valence-electron chi connectivity index (χ0n) is 13.3. The average molecular weight is 288 g/mol. The van der Waals surface area contributed by atoms with Crippen LogP contribution in [0, 0.1) is 5.92 Å². The highest BCUT2D eigenvalue weighted by Crippen LogP contribution is 2.26. The van der Waals surface area contributed by atoms with Crippen molar-refractivity contribution in [1.29, 1.82) is 0 Å². The maximum atomic E-state index is 12.3. The van der Waals surface area contributed by atoms with Gasteiger partial charge in [-0.25, -0.2) is 0 Å². The molecule has 1 aliphatic carbocycles. The monoisotopic (exact) mass is 288 g/mol. The topological polar surface area (TPSA) is 41.1 Å². The molecule has 21 heavy (non-hydrogen) atoms. The first kappa shape index (κ1) is 15.9. The van der Waals surface area contributed by atoms with Gasteiger partial charge in [0.25, 0.3) is 5.91 Å². The molecule has 1 aliphatic rings. The van der Waals surface area contributed by atoms with E-state index in [1.807, 2.05) is 24.3 Å². The van der Waals surface area contributed by atoms with Gasteiger partial charge in [0.15, 0.2) is 0 Å². The third-order valence-corrected chi connectivity index (χ3v) is 4.44. The second kappa shape index (κ2) is 8.06. The van der Waals surface area contributed by atoms with Crippen LogP contribution >= 0.6 is 0 Å². The van der Waals surface area contributed by atoms with Gasteiger partial charge in [0.2, 0.25) is 0 Å². The normalized spacial score (nSPS) is 17.2. The molecule has 1 aromatic carbocycles. The first-order valence-electron chi connectivity index (χ1n) is 8.35. The molecule has 0 radical (unpaired) electrons. The van der Waals surface area contributed by atoms with E-state index >= 15 is 0 Å². The van der Waals surface area contributed by atoms with Crippen LogP contribution in [0.15, 0.2) is 24.3 Å². The molecular formula is C18H28N2O. The van der Waals surface area contributed by atoms with Gasteiger partial charge in [-0.15, -0.1) is 0 Å². The maximum Gasteiger partial charge on any atom is 0.251 e. The van der Waals surface area contributed by atoms with E-state index in [1.165, 1.54) is 32.1 Å². The van der Waals surface area contributed by atoms with Gasteiger partial charge in [-0.2, -0.15) is 0 Å². The molecule has 2 N–H and O–H groups in total. The molecule has 1 fully saturated rings. The van der Waals surface area contributed by atoms with Crippen molar-refractivity contribution >= 4 is 11.6 Å². The summed E-state index contributed by atoms with van der Waals surface area (Å²) in [4.78, 5) is 12.3.